The number of hydrogen-bond donors (Lipinski definition) is 1. The molecule has 2 aliphatic heterocycles. The van der Waals surface area contributed by atoms with Crippen LogP contribution in [0.5, 0.6) is 0 Å². The molecule has 31 heavy (non-hydrogen) atoms. The lowest BCUT2D eigenvalue weighted by atomic mass is 9.96. The molecule has 1 aromatic heterocycles. The molecule has 1 aliphatic carbocycles. The number of aromatic nitrogens is 2. The van der Waals surface area contributed by atoms with Crippen molar-refractivity contribution in [2.24, 2.45) is 0 Å². The minimum atomic E-state index is 0.131. The molecule has 3 heterocycles. The summed E-state index contributed by atoms with van der Waals surface area (Å²) in [5.41, 5.74) is 3.48. The molecule has 2 saturated heterocycles. The van der Waals surface area contributed by atoms with Gasteiger partial charge in [0.2, 0.25) is 5.91 Å². The highest BCUT2D eigenvalue weighted by Crippen LogP contribution is 2.41. The zero-order chi connectivity index (χ0) is 20.8. The molecule has 1 amide bonds. The number of fused-ring (bicyclic) bond motifs is 3. The molecule has 5 heteroatoms. The lowest BCUT2D eigenvalue weighted by Crippen LogP contribution is -2.50. The molecular weight excluding hydrogens is 384 g/mol. The fourth-order valence-corrected chi connectivity index (χ4v) is 5.77. The van der Waals surface area contributed by atoms with E-state index in [0.717, 1.165) is 36.2 Å². The van der Waals surface area contributed by atoms with E-state index in [0.29, 0.717) is 24.5 Å². The van der Waals surface area contributed by atoms with Gasteiger partial charge in [0, 0.05) is 30.6 Å². The number of nitrogens with zero attached hydrogens (tertiary/aromatic N) is 3. The molecule has 3 aliphatic rings. The van der Waals surface area contributed by atoms with Gasteiger partial charge < -0.3 is 9.88 Å². The van der Waals surface area contributed by atoms with Crippen molar-refractivity contribution in [3.05, 3.63) is 66.0 Å². The predicted molar refractivity (Wildman–Crippen MR) is 122 cm³/mol. The van der Waals surface area contributed by atoms with Gasteiger partial charge in [-0.05, 0) is 56.2 Å². The monoisotopic (exact) mass is 414 g/mol. The van der Waals surface area contributed by atoms with Crippen LogP contribution in [0.25, 0.3) is 11.0 Å². The van der Waals surface area contributed by atoms with Crippen LogP contribution in [0, 0.1) is 0 Å². The number of carbonyl (C=O) groups is 1. The Morgan fingerprint density at radius 3 is 2.39 bits per heavy atom. The molecule has 2 unspecified atom stereocenters. The average Bonchev–Trinajstić information content (AvgIpc) is 3.53. The third-order valence-electron chi connectivity index (χ3n) is 7.39. The molecule has 5 nitrogen and oxygen atoms in total. The summed E-state index contributed by atoms with van der Waals surface area (Å²) in [7, 11) is 0. The highest BCUT2D eigenvalue weighted by molar-refractivity contribution is 5.81. The number of imidazole rings is 1. The van der Waals surface area contributed by atoms with E-state index < -0.39 is 0 Å². The van der Waals surface area contributed by atoms with Gasteiger partial charge in [0.25, 0.3) is 0 Å². The number of piperidine rings is 1. The Morgan fingerprint density at radius 2 is 1.65 bits per heavy atom. The third-order valence-corrected chi connectivity index (χ3v) is 7.39. The maximum atomic E-state index is 13.1. The number of nitrogens with one attached hydrogen (secondary N) is 1. The van der Waals surface area contributed by atoms with Crippen LogP contribution in [0.15, 0.2) is 54.6 Å². The van der Waals surface area contributed by atoms with Gasteiger partial charge in [0.05, 0.1) is 11.0 Å². The molecule has 2 bridgehead atoms. The van der Waals surface area contributed by atoms with E-state index in [1.54, 1.807) is 0 Å². The Hall–Kier alpha value is -2.66. The number of rotatable bonds is 6. The molecule has 0 spiro atoms. The predicted octanol–water partition coefficient (Wildman–Crippen LogP) is 4.23. The molecule has 3 aromatic rings. The van der Waals surface area contributed by atoms with Crippen molar-refractivity contribution in [2.45, 2.75) is 75.7 Å². The fraction of sp³-hybridized carbons (Fsp3) is 0.462. The topological polar surface area (TPSA) is 50.2 Å². The Balaban J connectivity index is 1.12. The Bertz CT molecular complexity index is 1070. The quantitative estimate of drug-likeness (QED) is 0.657. The van der Waals surface area contributed by atoms with E-state index >= 15 is 0 Å². The van der Waals surface area contributed by atoms with Crippen LogP contribution in [-0.2, 0) is 17.9 Å². The molecule has 0 radical (unpaired) electrons. The van der Waals surface area contributed by atoms with Gasteiger partial charge in [-0.25, -0.2) is 4.98 Å². The SMILES string of the molecule is O=C(Cn1c(C2CC2)nc2ccccc21)NC1CC2CCC(C1)N2Cc1ccccc1. The first-order valence-corrected chi connectivity index (χ1v) is 11.8. The molecule has 2 aromatic carbocycles. The minimum Gasteiger partial charge on any atom is -0.352 e. The normalized spacial score (nSPS) is 25.7. The molecule has 3 fully saturated rings. The largest absolute Gasteiger partial charge is 0.352 e. The van der Waals surface area contributed by atoms with Gasteiger partial charge in [-0.3, -0.25) is 9.69 Å². The Labute approximate surface area is 183 Å². The Morgan fingerprint density at radius 1 is 0.935 bits per heavy atom. The number of hydrogen-bond acceptors (Lipinski definition) is 3. The summed E-state index contributed by atoms with van der Waals surface area (Å²) in [6.45, 7) is 1.41. The van der Waals surface area contributed by atoms with E-state index in [-0.39, 0.29) is 11.9 Å². The van der Waals surface area contributed by atoms with Crippen LogP contribution >= 0.6 is 0 Å². The van der Waals surface area contributed by atoms with Crippen molar-refractivity contribution >= 4 is 16.9 Å². The summed E-state index contributed by atoms with van der Waals surface area (Å²) < 4.78 is 2.15. The van der Waals surface area contributed by atoms with Crippen LogP contribution < -0.4 is 5.32 Å². The van der Waals surface area contributed by atoms with Crippen molar-refractivity contribution in [2.75, 3.05) is 0 Å². The van der Waals surface area contributed by atoms with Crippen LogP contribution in [-0.4, -0.2) is 38.5 Å². The first-order chi connectivity index (χ1) is 15.2. The summed E-state index contributed by atoms with van der Waals surface area (Å²) in [5, 5.41) is 3.38. The summed E-state index contributed by atoms with van der Waals surface area (Å²) in [6, 6.07) is 20.4. The second-order valence-electron chi connectivity index (χ2n) is 9.60. The second kappa shape index (κ2) is 7.79. The van der Waals surface area contributed by atoms with E-state index in [9.17, 15) is 4.79 Å². The van der Waals surface area contributed by atoms with E-state index in [1.807, 2.05) is 12.1 Å². The van der Waals surface area contributed by atoms with Crippen LogP contribution in [0.2, 0.25) is 0 Å². The summed E-state index contributed by atoms with van der Waals surface area (Å²) in [4.78, 5) is 20.6. The van der Waals surface area contributed by atoms with Gasteiger partial charge in [0.15, 0.2) is 0 Å². The lowest BCUT2D eigenvalue weighted by molar-refractivity contribution is -0.122. The van der Waals surface area contributed by atoms with E-state index in [4.69, 9.17) is 4.98 Å². The molecule has 1 N–H and O–H groups in total. The first-order valence-electron chi connectivity index (χ1n) is 11.8. The number of benzene rings is 2. The van der Waals surface area contributed by atoms with Crippen LogP contribution in [0.1, 0.15) is 55.8 Å². The van der Waals surface area contributed by atoms with Gasteiger partial charge in [-0.15, -0.1) is 0 Å². The molecule has 1 saturated carbocycles. The molecule has 2 atom stereocenters. The van der Waals surface area contributed by atoms with Gasteiger partial charge in [-0.1, -0.05) is 42.5 Å². The minimum absolute atomic E-state index is 0.131. The van der Waals surface area contributed by atoms with Crippen molar-refractivity contribution in [3.8, 4) is 0 Å². The number of para-hydroxylation sites is 2. The van der Waals surface area contributed by atoms with Crippen LogP contribution in [0.4, 0.5) is 0 Å². The van der Waals surface area contributed by atoms with Crippen molar-refractivity contribution in [3.63, 3.8) is 0 Å². The smallest absolute Gasteiger partial charge is 0.240 e. The van der Waals surface area contributed by atoms with Gasteiger partial charge in [0.1, 0.15) is 12.4 Å². The first kappa shape index (κ1) is 19.1. The van der Waals surface area contributed by atoms with E-state index in [1.165, 1.54) is 31.2 Å². The summed E-state index contributed by atoms with van der Waals surface area (Å²) in [6.07, 6.45) is 7.01. The van der Waals surface area contributed by atoms with Crippen molar-refractivity contribution < 1.29 is 4.79 Å². The lowest BCUT2D eigenvalue weighted by Gasteiger charge is -2.39. The standard InChI is InChI=1S/C26H30N4O/c31-25(17-30-24-9-5-4-8-23(24)28-26(30)19-10-11-19)27-20-14-21-12-13-22(15-20)29(21)16-18-6-2-1-3-7-18/h1-9,19-22H,10-17H2,(H,27,31). The zero-order valence-electron chi connectivity index (χ0n) is 17.9. The highest BCUT2D eigenvalue weighted by Gasteiger charge is 2.41. The number of amides is 1. The second-order valence-corrected chi connectivity index (χ2v) is 9.60. The van der Waals surface area contributed by atoms with Crippen molar-refractivity contribution in [1.82, 2.24) is 19.8 Å². The molecular formula is C26H30N4O. The zero-order valence-corrected chi connectivity index (χ0v) is 17.9. The molecule has 6 rings (SSSR count). The number of carbonyl (C=O) groups excluding carboxylic acids is 1. The Kier molecular flexibility index (Phi) is 4.79. The van der Waals surface area contributed by atoms with E-state index in [2.05, 4.69) is 57.2 Å². The van der Waals surface area contributed by atoms with Crippen LogP contribution in [0.3, 0.4) is 0 Å². The highest BCUT2D eigenvalue weighted by atomic mass is 16.2. The maximum absolute atomic E-state index is 13.1. The average molecular weight is 415 g/mol. The fourth-order valence-electron chi connectivity index (χ4n) is 5.77. The maximum Gasteiger partial charge on any atom is 0.240 e. The molecule has 160 valence electrons. The van der Waals surface area contributed by atoms with Crippen molar-refractivity contribution in [1.29, 1.82) is 0 Å². The summed E-state index contributed by atoms with van der Waals surface area (Å²) in [5.74, 6) is 1.75. The van der Waals surface area contributed by atoms with Gasteiger partial charge in [-0.2, -0.15) is 0 Å². The summed E-state index contributed by atoms with van der Waals surface area (Å²) >= 11 is 0. The third kappa shape index (κ3) is 3.76. The van der Waals surface area contributed by atoms with Gasteiger partial charge >= 0.3 is 0 Å².